The quantitative estimate of drug-likeness (QED) is 0.695. The van der Waals surface area contributed by atoms with Crippen molar-refractivity contribution in [3.63, 3.8) is 0 Å². The summed E-state index contributed by atoms with van der Waals surface area (Å²) in [5, 5.41) is 3.00. The standard InChI is InChI=1S/C22H19NO/c1-16-12-14-19(15-13-16)22(24)23-21-11-7-6-10-20(21)17(2)18-8-4-3-5-9-18/h3-15H,2H2,1H3,(H,23,24). The van der Waals surface area contributed by atoms with Crippen LogP contribution in [0.25, 0.3) is 5.57 Å². The van der Waals surface area contributed by atoms with Crippen molar-refractivity contribution in [2.45, 2.75) is 6.92 Å². The summed E-state index contributed by atoms with van der Waals surface area (Å²) in [5.41, 5.74) is 5.37. The molecule has 0 radical (unpaired) electrons. The molecule has 0 saturated carbocycles. The molecular formula is C22H19NO. The van der Waals surface area contributed by atoms with E-state index in [1.165, 1.54) is 0 Å². The maximum Gasteiger partial charge on any atom is 0.255 e. The first-order chi connectivity index (χ1) is 11.6. The van der Waals surface area contributed by atoms with Crippen molar-refractivity contribution in [3.8, 4) is 0 Å². The first-order valence-corrected chi connectivity index (χ1v) is 7.87. The van der Waals surface area contributed by atoms with E-state index in [0.717, 1.165) is 28.0 Å². The molecular weight excluding hydrogens is 294 g/mol. The van der Waals surface area contributed by atoms with Crippen molar-refractivity contribution >= 4 is 17.2 Å². The molecule has 0 aliphatic carbocycles. The lowest BCUT2D eigenvalue weighted by Gasteiger charge is -2.13. The Labute approximate surface area is 142 Å². The van der Waals surface area contributed by atoms with Crippen molar-refractivity contribution in [1.82, 2.24) is 0 Å². The summed E-state index contributed by atoms with van der Waals surface area (Å²) in [5.74, 6) is -0.122. The second kappa shape index (κ2) is 6.97. The van der Waals surface area contributed by atoms with Crippen LogP contribution in [0.3, 0.4) is 0 Å². The Morgan fingerprint density at radius 2 is 1.42 bits per heavy atom. The highest BCUT2D eigenvalue weighted by Crippen LogP contribution is 2.28. The van der Waals surface area contributed by atoms with Gasteiger partial charge in [-0.05, 0) is 36.3 Å². The van der Waals surface area contributed by atoms with E-state index in [9.17, 15) is 4.79 Å². The fourth-order valence-electron chi connectivity index (χ4n) is 2.55. The molecule has 1 N–H and O–H groups in total. The van der Waals surface area contributed by atoms with Gasteiger partial charge >= 0.3 is 0 Å². The minimum absolute atomic E-state index is 0.122. The number of aryl methyl sites for hydroxylation is 1. The van der Waals surface area contributed by atoms with Gasteiger partial charge in [-0.3, -0.25) is 4.79 Å². The molecule has 1 amide bonds. The summed E-state index contributed by atoms with van der Waals surface area (Å²) >= 11 is 0. The SMILES string of the molecule is C=C(c1ccccc1)c1ccccc1NC(=O)c1ccc(C)cc1. The molecule has 0 aromatic heterocycles. The molecule has 2 nitrogen and oxygen atoms in total. The Morgan fingerprint density at radius 3 is 2.12 bits per heavy atom. The summed E-state index contributed by atoms with van der Waals surface area (Å²) in [6.45, 7) is 6.20. The zero-order chi connectivity index (χ0) is 16.9. The zero-order valence-corrected chi connectivity index (χ0v) is 13.6. The maximum absolute atomic E-state index is 12.5. The van der Waals surface area contributed by atoms with Crippen molar-refractivity contribution in [3.05, 3.63) is 108 Å². The lowest BCUT2D eigenvalue weighted by atomic mass is 9.98. The van der Waals surface area contributed by atoms with E-state index < -0.39 is 0 Å². The molecule has 24 heavy (non-hydrogen) atoms. The number of hydrogen-bond acceptors (Lipinski definition) is 1. The number of amides is 1. The highest BCUT2D eigenvalue weighted by atomic mass is 16.1. The number of carbonyl (C=O) groups excluding carboxylic acids is 1. The Hall–Kier alpha value is -3.13. The Balaban J connectivity index is 1.88. The Kier molecular flexibility index (Phi) is 4.57. The predicted octanol–water partition coefficient (Wildman–Crippen LogP) is 5.31. The van der Waals surface area contributed by atoms with Crippen LogP contribution in [0.2, 0.25) is 0 Å². The summed E-state index contributed by atoms with van der Waals surface area (Å²) in [6, 6.07) is 25.2. The van der Waals surface area contributed by atoms with Crippen LogP contribution in [0.5, 0.6) is 0 Å². The third-order valence-corrected chi connectivity index (χ3v) is 3.94. The Morgan fingerprint density at radius 1 is 0.792 bits per heavy atom. The van der Waals surface area contributed by atoms with Crippen LogP contribution >= 0.6 is 0 Å². The van der Waals surface area contributed by atoms with Gasteiger partial charge in [0.15, 0.2) is 0 Å². The highest BCUT2D eigenvalue weighted by molar-refractivity contribution is 6.06. The molecule has 3 aromatic rings. The lowest BCUT2D eigenvalue weighted by molar-refractivity contribution is 0.102. The largest absolute Gasteiger partial charge is 0.321 e. The van der Waals surface area contributed by atoms with E-state index in [0.29, 0.717) is 5.56 Å². The van der Waals surface area contributed by atoms with Crippen LogP contribution in [0.15, 0.2) is 85.4 Å². The number of hydrogen-bond donors (Lipinski definition) is 1. The van der Waals surface area contributed by atoms with E-state index in [-0.39, 0.29) is 5.91 Å². The topological polar surface area (TPSA) is 29.1 Å². The van der Waals surface area contributed by atoms with Crippen molar-refractivity contribution in [1.29, 1.82) is 0 Å². The fourth-order valence-corrected chi connectivity index (χ4v) is 2.55. The molecule has 0 unspecified atom stereocenters. The third-order valence-electron chi connectivity index (χ3n) is 3.94. The average Bonchev–Trinajstić information content (AvgIpc) is 2.63. The van der Waals surface area contributed by atoms with E-state index in [1.54, 1.807) is 0 Å². The molecule has 0 aliphatic heterocycles. The molecule has 118 valence electrons. The third kappa shape index (κ3) is 3.44. The smallest absolute Gasteiger partial charge is 0.255 e. The van der Waals surface area contributed by atoms with Crippen LogP contribution in [0.1, 0.15) is 27.0 Å². The average molecular weight is 313 g/mol. The van der Waals surface area contributed by atoms with Gasteiger partial charge in [0.25, 0.3) is 5.91 Å². The molecule has 3 aromatic carbocycles. The first-order valence-electron chi connectivity index (χ1n) is 7.87. The van der Waals surface area contributed by atoms with Gasteiger partial charge in [-0.1, -0.05) is 72.8 Å². The summed E-state index contributed by atoms with van der Waals surface area (Å²) < 4.78 is 0. The predicted molar refractivity (Wildman–Crippen MR) is 100 cm³/mol. The molecule has 0 saturated heterocycles. The second-order valence-corrected chi connectivity index (χ2v) is 5.71. The Bertz CT molecular complexity index is 864. The minimum atomic E-state index is -0.122. The van der Waals surface area contributed by atoms with E-state index >= 15 is 0 Å². The summed E-state index contributed by atoms with van der Waals surface area (Å²) in [4.78, 5) is 12.5. The van der Waals surface area contributed by atoms with Crippen molar-refractivity contribution in [2.75, 3.05) is 5.32 Å². The van der Waals surface area contributed by atoms with Gasteiger partial charge in [-0.25, -0.2) is 0 Å². The lowest BCUT2D eigenvalue weighted by Crippen LogP contribution is -2.13. The monoisotopic (exact) mass is 313 g/mol. The van der Waals surface area contributed by atoms with Gasteiger partial charge in [0.1, 0.15) is 0 Å². The highest BCUT2D eigenvalue weighted by Gasteiger charge is 2.11. The van der Waals surface area contributed by atoms with Gasteiger partial charge in [-0.15, -0.1) is 0 Å². The number of nitrogens with one attached hydrogen (secondary N) is 1. The maximum atomic E-state index is 12.5. The van der Waals surface area contributed by atoms with Crippen molar-refractivity contribution < 1.29 is 4.79 Å². The summed E-state index contributed by atoms with van der Waals surface area (Å²) in [7, 11) is 0. The number of para-hydroxylation sites is 1. The molecule has 0 fully saturated rings. The molecule has 0 spiro atoms. The molecule has 3 rings (SSSR count). The van der Waals surface area contributed by atoms with Gasteiger partial charge in [0.2, 0.25) is 0 Å². The first kappa shape index (κ1) is 15.8. The fraction of sp³-hybridized carbons (Fsp3) is 0.0455. The number of carbonyl (C=O) groups is 1. The number of benzene rings is 3. The minimum Gasteiger partial charge on any atom is -0.321 e. The van der Waals surface area contributed by atoms with Gasteiger partial charge in [-0.2, -0.15) is 0 Å². The van der Waals surface area contributed by atoms with Crippen LogP contribution in [-0.4, -0.2) is 5.91 Å². The molecule has 0 bridgehead atoms. The van der Waals surface area contributed by atoms with Gasteiger partial charge < -0.3 is 5.32 Å². The van der Waals surface area contributed by atoms with Crippen LogP contribution in [0.4, 0.5) is 5.69 Å². The van der Waals surface area contributed by atoms with Gasteiger partial charge in [0, 0.05) is 16.8 Å². The summed E-state index contributed by atoms with van der Waals surface area (Å²) in [6.07, 6.45) is 0. The van der Waals surface area contributed by atoms with E-state index in [2.05, 4.69) is 11.9 Å². The van der Waals surface area contributed by atoms with Crippen LogP contribution in [0, 0.1) is 6.92 Å². The van der Waals surface area contributed by atoms with E-state index in [1.807, 2.05) is 85.8 Å². The second-order valence-electron chi connectivity index (χ2n) is 5.71. The van der Waals surface area contributed by atoms with Crippen molar-refractivity contribution in [2.24, 2.45) is 0 Å². The van der Waals surface area contributed by atoms with Crippen LogP contribution < -0.4 is 5.32 Å². The molecule has 2 heteroatoms. The molecule has 0 heterocycles. The van der Waals surface area contributed by atoms with Crippen LogP contribution in [-0.2, 0) is 0 Å². The van der Waals surface area contributed by atoms with Gasteiger partial charge in [0.05, 0.1) is 0 Å². The van der Waals surface area contributed by atoms with E-state index in [4.69, 9.17) is 0 Å². The number of anilines is 1. The molecule has 0 aliphatic rings. The molecule has 0 atom stereocenters. The number of rotatable bonds is 4. The normalized spacial score (nSPS) is 10.2. The zero-order valence-electron chi connectivity index (χ0n) is 13.6.